The summed E-state index contributed by atoms with van der Waals surface area (Å²) in [6.45, 7) is 3.25. The number of carbonyl (C=O) groups excluding carboxylic acids is 1. The van der Waals surface area contributed by atoms with Crippen LogP contribution in [-0.2, 0) is 6.54 Å². The van der Waals surface area contributed by atoms with E-state index in [9.17, 15) is 4.79 Å². The van der Waals surface area contributed by atoms with E-state index in [2.05, 4.69) is 27.5 Å². The van der Waals surface area contributed by atoms with Gasteiger partial charge in [0.05, 0.1) is 7.11 Å². The summed E-state index contributed by atoms with van der Waals surface area (Å²) >= 11 is 0. The Labute approximate surface area is 129 Å². The summed E-state index contributed by atoms with van der Waals surface area (Å²) < 4.78 is 5.26. The third kappa shape index (κ3) is 4.18. The van der Waals surface area contributed by atoms with Crippen LogP contribution >= 0.6 is 0 Å². The molecule has 0 unspecified atom stereocenters. The average molecular weight is 300 g/mol. The lowest BCUT2D eigenvalue weighted by atomic mass is 10.2. The Morgan fingerprint density at radius 3 is 2.86 bits per heavy atom. The quantitative estimate of drug-likeness (QED) is 0.820. The lowest BCUT2D eigenvalue weighted by Gasteiger charge is -2.10. The number of para-hydroxylation sites is 1. The van der Waals surface area contributed by atoms with Gasteiger partial charge in [0.25, 0.3) is 5.91 Å². The highest BCUT2D eigenvalue weighted by atomic mass is 16.5. The van der Waals surface area contributed by atoms with Gasteiger partial charge in [0.1, 0.15) is 23.6 Å². The van der Waals surface area contributed by atoms with E-state index < -0.39 is 0 Å². The van der Waals surface area contributed by atoms with Crippen LogP contribution in [0.2, 0.25) is 0 Å². The molecule has 2 aromatic rings. The van der Waals surface area contributed by atoms with Crippen LogP contribution in [0.4, 0.5) is 5.82 Å². The Kier molecular flexibility index (Phi) is 5.71. The molecule has 2 rings (SSSR count). The summed E-state index contributed by atoms with van der Waals surface area (Å²) in [5.41, 5.74) is 1.25. The second kappa shape index (κ2) is 7.97. The Bertz CT molecular complexity index is 631. The molecule has 0 saturated carbocycles. The van der Waals surface area contributed by atoms with Crippen LogP contribution in [0.5, 0.6) is 5.75 Å². The minimum Gasteiger partial charge on any atom is -0.496 e. The van der Waals surface area contributed by atoms with Crippen molar-refractivity contribution in [1.29, 1.82) is 0 Å². The molecule has 6 nitrogen and oxygen atoms in total. The van der Waals surface area contributed by atoms with Crippen molar-refractivity contribution in [2.45, 2.75) is 19.9 Å². The van der Waals surface area contributed by atoms with Gasteiger partial charge in [0.2, 0.25) is 0 Å². The first-order valence-corrected chi connectivity index (χ1v) is 7.20. The van der Waals surface area contributed by atoms with Crippen LogP contribution in [-0.4, -0.2) is 29.5 Å². The summed E-state index contributed by atoms with van der Waals surface area (Å²) in [5, 5.41) is 5.97. The molecule has 0 radical (unpaired) electrons. The maximum atomic E-state index is 12.2. The lowest BCUT2D eigenvalue weighted by Crippen LogP contribution is -2.24. The molecule has 1 heterocycles. The van der Waals surface area contributed by atoms with Gasteiger partial charge in [-0.05, 0) is 12.5 Å². The highest BCUT2D eigenvalue weighted by Crippen LogP contribution is 2.16. The topological polar surface area (TPSA) is 76.1 Å². The van der Waals surface area contributed by atoms with Crippen molar-refractivity contribution < 1.29 is 9.53 Å². The van der Waals surface area contributed by atoms with E-state index in [0.717, 1.165) is 24.3 Å². The van der Waals surface area contributed by atoms with Gasteiger partial charge in [-0.3, -0.25) is 4.79 Å². The molecule has 1 amide bonds. The highest BCUT2D eigenvalue weighted by molar-refractivity contribution is 5.92. The smallest absolute Gasteiger partial charge is 0.270 e. The van der Waals surface area contributed by atoms with Crippen molar-refractivity contribution in [2.24, 2.45) is 0 Å². The van der Waals surface area contributed by atoms with Gasteiger partial charge in [0, 0.05) is 24.7 Å². The van der Waals surface area contributed by atoms with Crippen molar-refractivity contribution in [2.75, 3.05) is 19.0 Å². The number of benzene rings is 1. The summed E-state index contributed by atoms with van der Waals surface area (Å²) in [7, 11) is 1.61. The Morgan fingerprint density at radius 1 is 1.27 bits per heavy atom. The number of amides is 1. The number of hydrogen-bond acceptors (Lipinski definition) is 5. The molecule has 1 aromatic heterocycles. The van der Waals surface area contributed by atoms with Crippen LogP contribution in [0, 0.1) is 0 Å². The summed E-state index contributed by atoms with van der Waals surface area (Å²) in [5.74, 6) is 1.16. The van der Waals surface area contributed by atoms with Crippen LogP contribution in [0.15, 0.2) is 36.7 Å². The van der Waals surface area contributed by atoms with E-state index in [4.69, 9.17) is 4.74 Å². The monoisotopic (exact) mass is 300 g/mol. The lowest BCUT2D eigenvalue weighted by molar-refractivity contribution is 0.0945. The number of hydrogen-bond donors (Lipinski definition) is 2. The first kappa shape index (κ1) is 15.8. The fourth-order valence-corrected chi connectivity index (χ4v) is 1.95. The van der Waals surface area contributed by atoms with Crippen molar-refractivity contribution >= 4 is 11.7 Å². The molecule has 2 N–H and O–H groups in total. The van der Waals surface area contributed by atoms with E-state index in [1.807, 2.05) is 24.3 Å². The first-order valence-electron chi connectivity index (χ1n) is 7.20. The molecule has 1 aromatic carbocycles. The van der Waals surface area contributed by atoms with Crippen molar-refractivity contribution in [3.05, 3.63) is 47.9 Å². The number of carbonyl (C=O) groups is 1. The Hall–Kier alpha value is -2.63. The molecular formula is C16H20N4O2. The minimum atomic E-state index is -0.243. The second-order valence-electron chi connectivity index (χ2n) is 4.71. The normalized spacial score (nSPS) is 10.1. The summed E-state index contributed by atoms with van der Waals surface area (Å²) in [6.07, 6.45) is 2.37. The van der Waals surface area contributed by atoms with Crippen molar-refractivity contribution in [3.8, 4) is 5.75 Å². The number of ether oxygens (including phenoxy) is 1. The zero-order valence-electron chi connectivity index (χ0n) is 12.8. The Balaban J connectivity index is 2.00. The molecule has 0 saturated heterocycles. The molecule has 0 aliphatic carbocycles. The van der Waals surface area contributed by atoms with Gasteiger partial charge in [-0.2, -0.15) is 0 Å². The average Bonchev–Trinajstić information content (AvgIpc) is 2.58. The van der Waals surface area contributed by atoms with Gasteiger partial charge in [-0.15, -0.1) is 0 Å². The summed E-state index contributed by atoms with van der Waals surface area (Å²) in [6, 6.07) is 9.21. The zero-order valence-corrected chi connectivity index (χ0v) is 12.8. The third-order valence-electron chi connectivity index (χ3n) is 3.09. The zero-order chi connectivity index (χ0) is 15.8. The number of rotatable bonds is 7. The van der Waals surface area contributed by atoms with Crippen LogP contribution in [0.1, 0.15) is 29.4 Å². The van der Waals surface area contributed by atoms with Crippen LogP contribution in [0.25, 0.3) is 0 Å². The van der Waals surface area contributed by atoms with E-state index >= 15 is 0 Å². The van der Waals surface area contributed by atoms with Gasteiger partial charge in [0.15, 0.2) is 0 Å². The van der Waals surface area contributed by atoms with E-state index in [1.165, 1.54) is 6.33 Å². The highest BCUT2D eigenvalue weighted by Gasteiger charge is 2.09. The number of anilines is 1. The van der Waals surface area contributed by atoms with Gasteiger partial charge < -0.3 is 15.4 Å². The van der Waals surface area contributed by atoms with Gasteiger partial charge in [-0.25, -0.2) is 9.97 Å². The molecular weight excluding hydrogens is 280 g/mol. The Morgan fingerprint density at radius 2 is 2.09 bits per heavy atom. The molecule has 0 fully saturated rings. The fraction of sp³-hybridized carbons (Fsp3) is 0.312. The van der Waals surface area contributed by atoms with E-state index in [1.54, 1.807) is 13.2 Å². The van der Waals surface area contributed by atoms with Gasteiger partial charge in [-0.1, -0.05) is 25.1 Å². The standard InChI is InChI=1S/C16H20N4O2/c1-3-8-17-15-9-13(19-11-20-15)16(21)18-10-12-6-4-5-7-14(12)22-2/h4-7,9,11H,3,8,10H2,1-2H3,(H,18,21)(H,17,19,20). The van der Waals surface area contributed by atoms with Crippen molar-refractivity contribution in [1.82, 2.24) is 15.3 Å². The maximum Gasteiger partial charge on any atom is 0.270 e. The molecule has 0 aliphatic heterocycles. The maximum absolute atomic E-state index is 12.2. The van der Waals surface area contributed by atoms with Crippen LogP contribution < -0.4 is 15.4 Å². The molecule has 0 spiro atoms. The number of nitrogens with zero attached hydrogens (tertiary/aromatic N) is 2. The molecule has 22 heavy (non-hydrogen) atoms. The SMILES string of the molecule is CCCNc1cc(C(=O)NCc2ccccc2OC)ncn1. The van der Waals surface area contributed by atoms with Gasteiger partial charge >= 0.3 is 0 Å². The number of nitrogens with one attached hydrogen (secondary N) is 2. The molecule has 0 bridgehead atoms. The predicted molar refractivity (Wildman–Crippen MR) is 85.0 cm³/mol. The summed E-state index contributed by atoms with van der Waals surface area (Å²) in [4.78, 5) is 20.3. The molecule has 0 atom stereocenters. The van der Waals surface area contributed by atoms with Crippen LogP contribution in [0.3, 0.4) is 0 Å². The largest absolute Gasteiger partial charge is 0.496 e. The minimum absolute atomic E-state index is 0.243. The molecule has 116 valence electrons. The number of methoxy groups -OCH3 is 1. The molecule has 6 heteroatoms. The second-order valence-corrected chi connectivity index (χ2v) is 4.71. The van der Waals surface area contributed by atoms with E-state index in [0.29, 0.717) is 18.1 Å². The predicted octanol–water partition coefficient (Wildman–Crippen LogP) is 2.24. The molecule has 0 aliphatic rings. The number of aromatic nitrogens is 2. The first-order chi connectivity index (χ1) is 10.7. The van der Waals surface area contributed by atoms with E-state index in [-0.39, 0.29) is 5.91 Å². The fourth-order valence-electron chi connectivity index (χ4n) is 1.95. The third-order valence-corrected chi connectivity index (χ3v) is 3.09. The van der Waals surface area contributed by atoms with Crippen molar-refractivity contribution in [3.63, 3.8) is 0 Å².